The maximum absolute atomic E-state index is 12.0. The van der Waals surface area contributed by atoms with Gasteiger partial charge >= 0.3 is 0 Å². The Hall–Kier alpha value is -0.820. The number of amides is 1. The molecule has 1 heterocycles. The Morgan fingerprint density at radius 2 is 2.27 bits per heavy atom. The van der Waals surface area contributed by atoms with Crippen LogP contribution < -0.4 is 15.4 Å². The lowest BCUT2D eigenvalue weighted by Gasteiger charge is -2.18. The number of benzene rings is 1. The molecule has 0 saturated carbocycles. The number of aliphatic hydroxyl groups excluding tert-OH is 1. The van der Waals surface area contributed by atoms with Crippen molar-refractivity contribution in [3.63, 3.8) is 0 Å². The van der Waals surface area contributed by atoms with Gasteiger partial charge in [-0.2, -0.15) is 0 Å². The van der Waals surface area contributed by atoms with Gasteiger partial charge < -0.3 is 20.5 Å². The summed E-state index contributed by atoms with van der Waals surface area (Å²) in [5.74, 6) is 0.527. The van der Waals surface area contributed by atoms with Gasteiger partial charge in [-0.05, 0) is 47.5 Å². The molecule has 0 spiro atoms. The van der Waals surface area contributed by atoms with Gasteiger partial charge in [0, 0.05) is 25.6 Å². The molecule has 1 aromatic carbocycles. The monoisotopic (exact) mass is 392 g/mol. The zero-order chi connectivity index (χ0) is 15.4. The van der Waals surface area contributed by atoms with Crippen LogP contribution in [0.25, 0.3) is 0 Å². The van der Waals surface area contributed by atoms with Crippen LogP contribution in [0.4, 0.5) is 0 Å². The highest BCUT2D eigenvalue weighted by Crippen LogP contribution is 2.26. The van der Waals surface area contributed by atoms with Crippen molar-refractivity contribution in [2.75, 3.05) is 19.6 Å². The molecule has 0 bridgehead atoms. The van der Waals surface area contributed by atoms with E-state index >= 15 is 0 Å². The Kier molecular flexibility index (Phi) is 7.62. The number of rotatable bonds is 5. The summed E-state index contributed by atoms with van der Waals surface area (Å²) >= 11 is 3.43. The van der Waals surface area contributed by atoms with Crippen molar-refractivity contribution < 1.29 is 14.6 Å². The predicted molar refractivity (Wildman–Crippen MR) is 91.6 cm³/mol. The van der Waals surface area contributed by atoms with E-state index in [1.807, 2.05) is 25.1 Å². The first-order chi connectivity index (χ1) is 9.97. The average molecular weight is 394 g/mol. The molecule has 5 nitrogen and oxygen atoms in total. The van der Waals surface area contributed by atoms with Gasteiger partial charge in [0.25, 0.3) is 5.91 Å². The highest BCUT2D eigenvalue weighted by atomic mass is 79.9. The number of aliphatic hydroxyl groups is 1. The van der Waals surface area contributed by atoms with Gasteiger partial charge in [0.2, 0.25) is 0 Å². The molecule has 1 aliphatic rings. The van der Waals surface area contributed by atoms with E-state index in [0.29, 0.717) is 18.8 Å². The van der Waals surface area contributed by atoms with Crippen molar-refractivity contribution in [3.8, 4) is 5.75 Å². The van der Waals surface area contributed by atoms with Crippen LogP contribution in [0.1, 0.15) is 12.5 Å². The van der Waals surface area contributed by atoms with Gasteiger partial charge in [0.1, 0.15) is 5.75 Å². The Morgan fingerprint density at radius 1 is 1.55 bits per heavy atom. The van der Waals surface area contributed by atoms with Crippen LogP contribution in [0.5, 0.6) is 5.75 Å². The van der Waals surface area contributed by atoms with E-state index < -0.39 is 12.2 Å². The van der Waals surface area contributed by atoms with E-state index in [1.54, 1.807) is 6.92 Å². The first-order valence-corrected chi connectivity index (χ1v) is 7.86. The van der Waals surface area contributed by atoms with E-state index in [4.69, 9.17) is 4.74 Å². The predicted octanol–water partition coefficient (Wildman–Crippen LogP) is 1.64. The highest BCUT2D eigenvalue weighted by Gasteiger charge is 2.26. The lowest BCUT2D eigenvalue weighted by atomic mass is 10.1. The molecule has 2 rings (SSSR count). The van der Waals surface area contributed by atoms with Crippen LogP contribution in [-0.4, -0.2) is 42.9 Å². The number of halogens is 2. The zero-order valence-electron chi connectivity index (χ0n) is 12.6. The average Bonchev–Trinajstić information content (AvgIpc) is 2.84. The SMILES string of the molecule is Cc1ccc(OC(C)C(=O)NCC2CNCC2O)c(Br)c1.Cl. The molecule has 0 radical (unpaired) electrons. The van der Waals surface area contributed by atoms with Crippen LogP contribution in [-0.2, 0) is 4.79 Å². The van der Waals surface area contributed by atoms with Crippen molar-refractivity contribution in [2.24, 2.45) is 5.92 Å². The van der Waals surface area contributed by atoms with Crippen molar-refractivity contribution in [1.29, 1.82) is 0 Å². The topological polar surface area (TPSA) is 70.6 Å². The third-order valence-corrected chi connectivity index (χ3v) is 4.22. The number of hydrogen-bond donors (Lipinski definition) is 3. The zero-order valence-corrected chi connectivity index (χ0v) is 15.0. The lowest BCUT2D eigenvalue weighted by Crippen LogP contribution is -2.41. The maximum atomic E-state index is 12.0. The molecule has 3 N–H and O–H groups in total. The Bertz CT molecular complexity index is 516. The molecule has 124 valence electrons. The Labute approximate surface area is 145 Å². The van der Waals surface area contributed by atoms with Crippen LogP contribution >= 0.6 is 28.3 Å². The summed E-state index contributed by atoms with van der Waals surface area (Å²) in [6.45, 7) is 5.47. The minimum Gasteiger partial charge on any atom is -0.480 e. The first kappa shape index (κ1) is 19.2. The number of β-amino-alcohol motifs (C(OH)–C–C–N with tert-alkyl or cyclic N) is 1. The normalized spacial score (nSPS) is 21.8. The molecular formula is C15H22BrClN2O3. The molecule has 0 aromatic heterocycles. The fourth-order valence-corrected chi connectivity index (χ4v) is 2.84. The van der Waals surface area contributed by atoms with Crippen molar-refractivity contribution in [3.05, 3.63) is 28.2 Å². The molecule has 7 heteroatoms. The summed E-state index contributed by atoms with van der Waals surface area (Å²) < 4.78 is 6.50. The highest BCUT2D eigenvalue weighted by molar-refractivity contribution is 9.10. The third-order valence-electron chi connectivity index (χ3n) is 3.60. The van der Waals surface area contributed by atoms with E-state index in [1.165, 1.54) is 0 Å². The van der Waals surface area contributed by atoms with Gasteiger partial charge in [-0.25, -0.2) is 0 Å². The minimum atomic E-state index is -0.587. The number of carbonyl (C=O) groups is 1. The van der Waals surface area contributed by atoms with E-state index in [9.17, 15) is 9.90 Å². The second-order valence-corrected chi connectivity index (χ2v) is 6.28. The molecule has 1 aromatic rings. The molecular weight excluding hydrogens is 372 g/mol. The first-order valence-electron chi connectivity index (χ1n) is 7.06. The Balaban J connectivity index is 0.00000242. The molecule has 3 unspecified atom stereocenters. The molecule has 3 atom stereocenters. The Morgan fingerprint density at radius 3 is 2.86 bits per heavy atom. The van der Waals surface area contributed by atoms with Crippen molar-refractivity contribution >= 4 is 34.2 Å². The second-order valence-electron chi connectivity index (χ2n) is 5.42. The third kappa shape index (κ3) is 5.12. The van der Waals surface area contributed by atoms with Crippen LogP contribution in [0.2, 0.25) is 0 Å². The molecule has 1 amide bonds. The van der Waals surface area contributed by atoms with Crippen molar-refractivity contribution in [2.45, 2.75) is 26.1 Å². The van der Waals surface area contributed by atoms with Gasteiger partial charge in [-0.15, -0.1) is 12.4 Å². The summed E-state index contributed by atoms with van der Waals surface area (Å²) in [7, 11) is 0. The molecule has 1 aliphatic heterocycles. The molecule has 22 heavy (non-hydrogen) atoms. The number of hydrogen-bond acceptors (Lipinski definition) is 4. The summed E-state index contributed by atoms with van der Waals surface area (Å²) in [4.78, 5) is 12.0. The van der Waals surface area contributed by atoms with Crippen LogP contribution in [0.3, 0.4) is 0 Å². The molecule has 0 aliphatic carbocycles. The number of aryl methyl sites for hydroxylation is 1. The van der Waals surface area contributed by atoms with Crippen LogP contribution in [0.15, 0.2) is 22.7 Å². The summed E-state index contributed by atoms with van der Waals surface area (Å²) in [5.41, 5.74) is 1.12. The summed E-state index contributed by atoms with van der Waals surface area (Å²) in [6, 6.07) is 5.72. The number of nitrogens with one attached hydrogen (secondary N) is 2. The van der Waals surface area contributed by atoms with E-state index in [0.717, 1.165) is 16.6 Å². The fraction of sp³-hybridized carbons (Fsp3) is 0.533. The van der Waals surface area contributed by atoms with Gasteiger partial charge in [-0.1, -0.05) is 6.07 Å². The lowest BCUT2D eigenvalue weighted by molar-refractivity contribution is -0.127. The quantitative estimate of drug-likeness (QED) is 0.711. The van der Waals surface area contributed by atoms with E-state index in [-0.39, 0.29) is 24.2 Å². The number of carbonyl (C=O) groups excluding carboxylic acids is 1. The maximum Gasteiger partial charge on any atom is 0.260 e. The smallest absolute Gasteiger partial charge is 0.260 e. The van der Waals surface area contributed by atoms with Gasteiger partial charge in [0.05, 0.1) is 10.6 Å². The van der Waals surface area contributed by atoms with Gasteiger partial charge in [-0.3, -0.25) is 4.79 Å². The second kappa shape index (κ2) is 8.72. The van der Waals surface area contributed by atoms with E-state index in [2.05, 4.69) is 26.6 Å². The number of ether oxygens (including phenoxy) is 1. The molecule has 1 fully saturated rings. The standard InChI is InChI=1S/C15H21BrN2O3.ClH/c1-9-3-4-14(12(16)5-9)21-10(2)15(20)18-7-11-6-17-8-13(11)19;/h3-5,10-11,13,17,19H,6-8H2,1-2H3,(H,18,20);1H. The summed E-state index contributed by atoms with van der Waals surface area (Å²) in [6.07, 6.45) is -0.983. The van der Waals surface area contributed by atoms with Crippen molar-refractivity contribution in [1.82, 2.24) is 10.6 Å². The molecule has 1 saturated heterocycles. The van der Waals surface area contributed by atoms with Crippen LogP contribution in [0, 0.1) is 12.8 Å². The minimum absolute atomic E-state index is 0. The fourth-order valence-electron chi connectivity index (χ4n) is 2.25. The van der Waals surface area contributed by atoms with Gasteiger partial charge in [0.15, 0.2) is 6.10 Å². The largest absolute Gasteiger partial charge is 0.480 e. The summed E-state index contributed by atoms with van der Waals surface area (Å²) in [5, 5.41) is 15.6.